The van der Waals surface area contributed by atoms with Crippen LogP contribution in [0.2, 0.25) is 0 Å². The third-order valence-corrected chi connectivity index (χ3v) is 4.64. The van der Waals surface area contributed by atoms with E-state index in [0.29, 0.717) is 18.4 Å². The second-order valence-electron chi connectivity index (χ2n) is 6.78. The zero-order valence-electron chi connectivity index (χ0n) is 14.6. The Morgan fingerprint density at radius 3 is 2.41 bits per heavy atom. The topological polar surface area (TPSA) is 58.4 Å². The molecule has 0 radical (unpaired) electrons. The fourth-order valence-electron chi connectivity index (χ4n) is 2.98. The number of aryl methyl sites for hydroxylation is 1. The van der Waals surface area contributed by atoms with Gasteiger partial charge in [0.25, 0.3) is 0 Å². The van der Waals surface area contributed by atoms with E-state index < -0.39 is 35.7 Å². The lowest BCUT2D eigenvalue weighted by atomic mass is 9.96. The molecule has 9 heteroatoms. The lowest BCUT2D eigenvalue weighted by Crippen LogP contribution is -2.48. The molecule has 1 fully saturated rings. The number of carbonyl (C=O) groups excluding carboxylic acids is 1. The first kappa shape index (κ1) is 19.3. The maximum atomic E-state index is 13.6. The van der Waals surface area contributed by atoms with Crippen molar-refractivity contribution in [1.82, 2.24) is 14.5 Å². The molecule has 0 bridgehead atoms. The second-order valence-corrected chi connectivity index (χ2v) is 6.78. The molecule has 1 heterocycles. The highest BCUT2D eigenvalue weighted by molar-refractivity contribution is 5.78. The molecule has 1 aromatic carbocycles. The standard InChI is InChI=1S/C18H19F4N3O2/c1-24-9-8-23-16(24)17(27,18(20,21)22)10-15(26)25(14-6-7-14)11-12-2-4-13(19)5-3-12/h2-5,8-9,14,27H,6-7,10-11H2,1H3. The molecular weight excluding hydrogens is 366 g/mol. The summed E-state index contributed by atoms with van der Waals surface area (Å²) in [7, 11) is 1.32. The van der Waals surface area contributed by atoms with Crippen molar-refractivity contribution in [2.24, 2.45) is 7.05 Å². The summed E-state index contributed by atoms with van der Waals surface area (Å²) in [5, 5.41) is 10.4. The molecule has 1 atom stereocenters. The van der Waals surface area contributed by atoms with Gasteiger partial charge in [0.1, 0.15) is 5.82 Å². The van der Waals surface area contributed by atoms with E-state index in [0.717, 1.165) is 10.8 Å². The van der Waals surface area contributed by atoms with E-state index in [9.17, 15) is 27.5 Å². The zero-order valence-corrected chi connectivity index (χ0v) is 14.6. The van der Waals surface area contributed by atoms with E-state index in [1.807, 2.05) is 0 Å². The van der Waals surface area contributed by atoms with Crippen LogP contribution < -0.4 is 0 Å². The summed E-state index contributed by atoms with van der Waals surface area (Å²) in [5.74, 6) is -1.91. The van der Waals surface area contributed by atoms with Gasteiger partial charge >= 0.3 is 6.18 Å². The Morgan fingerprint density at radius 2 is 1.93 bits per heavy atom. The van der Waals surface area contributed by atoms with E-state index in [-0.39, 0.29) is 12.6 Å². The summed E-state index contributed by atoms with van der Waals surface area (Å²) >= 11 is 0. The summed E-state index contributed by atoms with van der Waals surface area (Å²) in [6.45, 7) is 0.0539. The third kappa shape index (κ3) is 3.97. The SMILES string of the molecule is Cn1ccnc1C(O)(CC(=O)N(Cc1ccc(F)cc1)C1CC1)C(F)(F)F. The number of amides is 1. The van der Waals surface area contributed by atoms with Gasteiger partial charge in [-0.1, -0.05) is 12.1 Å². The van der Waals surface area contributed by atoms with E-state index in [1.165, 1.54) is 42.4 Å². The third-order valence-electron chi connectivity index (χ3n) is 4.64. The minimum atomic E-state index is -5.08. The molecule has 2 aromatic rings. The fraction of sp³-hybridized carbons (Fsp3) is 0.444. The molecule has 1 N–H and O–H groups in total. The number of imidazole rings is 1. The second kappa shape index (κ2) is 6.95. The Bertz CT molecular complexity index is 815. The Hall–Kier alpha value is -2.42. The molecule has 1 aliphatic rings. The number of rotatable bonds is 6. The summed E-state index contributed by atoms with van der Waals surface area (Å²) in [6.07, 6.45) is -2.48. The minimum absolute atomic E-state index is 0.0539. The number of aliphatic hydroxyl groups is 1. The summed E-state index contributed by atoms with van der Waals surface area (Å²) < 4.78 is 55.0. The molecule has 0 saturated heterocycles. The van der Waals surface area contributed by atoms with Gasteiger partial charge < -0.3 is 14.6 Å². The van der Waals surface area contributed by atoms with E-state index in [1.54, 1.807) is 0 Å². The van der Waals surface area contributed by atoms with Gasteiger partial charge in [0, 0.05) is 32.0 Å². The Labute approximate surface area is 153 Å². The summed E-state index contributed by atoms with van der Waals surface area (Å²) in [6, 6.07) is 5.23. The van der Waals surface area contributed by atoms with Crippen molar-refractivity contribution >= 4 is 5.91 Å². The van der Waals surface area contributed by atoms with Crippen LogP contribution in [0.4, 0.5) is 17.6 Å². The van der Waals surface area contributed by atoms with Gasteiger partial charge in [-0.3, -0.25) is 4.79 Å². The number of aromatic nitrogens is 2. The van der Waals surface area contributed by atoms with Crippen molar-refractivity contribution in [2.75, 3.05) is 0 Å². The average molecular weight is 385 g/mol. The van der Waals surface area contributed by atoms with Crippen LogP contribution >= 0.6 is 0 Å². The summed E-state index contributed by atoms with van der Waals surface area (Å²) in [4.78, 5) is 17.6. The molecule has 27 heavy (non-hydrogen) atoms. The Kier molecular flexibility index (Phi) is 4.98. The number of hydrogen-bond donors (Lipinski definition) is 1. The van der Waals surface area contributed by atoms with Crippen molar-refractivity contribution < 1.29 is 27.5 Å². The lowest BCUT2D eigenvalue weighted by molar-refractivity contribution is -0.272. The highest BCUT2D eigenvalue weighted by Gasteiger charge is 2.59. The summed E-state index contributed by atoms with van der Waals surface area (Å²) in [5.41, 5.74) is -2.79. The van der Waals surface area contributed by atoms with Crippen LogP contribution in [-0.2, 0) is 24.0 Å². The molecule has 1 aromatic heterocycles. The van der Waals surface area contributed by atoms with Crippen LogP contribution in [0.25, 0.3) is 0 Å². The number of halogens is 4. The van der Waals surface area contributed by atoms with E-state index in [2.05, 4.69) is 4.98 Å². The van der Waals surface area contributed by atoms with Gasteiger partial charge in [-0.2, -0.15) is 13.2 Å². The van der Waals surface area contributed by atoms with Crippen molar-refractivity contribution in [3.05, 3.63) is 53.9 Å². The van der Waals surface area contributed by atoms with E-state index >= 15 is 0 Å². The highest BCUT2D eigenvalue weighted by Crippen LogP contribution is 2.42. The van der Waals surface area contributed by atoms with Gasteiger partial charge in [0.2, 0.25) is 11.5 Å². The van der Waals surface area contributed by atoms with E-state index in [4.69, 9.17) is 0 Å². The molecule has 0 aliphatic heterocycles. The Morgan fingerprint density at radius 1 is 1.30 bits per heavy atom. The monoisotopic (exact) mass is 385 g/mol. The van der Waals surface area contributed by atoms with Crippen molar-refractivity contribution in [2.45, 2.75) is 43.6 Å². The smallest absolute Gasteiger partial charge is 0.374 e. The van der Waals surface area contributed by atoms with Gasteiger partial charge in [0.05, 0.1) is 6.42 Å². The lowest BCUT2D eigenvalue weighted by Gasteiger charge is -2.32. The highest BCUT2D eigenvalue weighted by atomic mass is 19.4. The average Bonchev–Trinajstić information content (AvgIpc) is 3.33. The number of alkyl halides is 3. The number of carbonyl (C=O) groups is 1. The first-order chi connectivity index (χ1) is 12.6. The quantitative estimate of drug-likeness (QED) is 0.778. The number of benzene rings is 1. The Balaban J connectivity index is 1.85. The maximum absolute atomic E-state index is 13.6. The zero-order chi connectivity index (χ0) is 19.8. The van der Waals surface area contributed by atoms with Crippen molar-refractivity contribution in [3.8, 4) is 0 Å². The predicted octanol–water partition coefficient (Wildman–Crippen LogP) is 2.89. The normalized spacial score (nSPS) is 16.8. The maximum Gasteiger partial charge on any atom is 0.425 e. The van der Waals surface area contributed by atoms with Crippen LogP contribution in [0.3, 0.4) is 0 Å². The van der Waals surface area contributed by atoms with Crippen LogP contribution in [0.1, 0.15) is 30.7 Å². The van der Waals surface area contributed by atoms with Gasteiger partial charge in [-0.15, -0.1) is 0 Å². The molecule has 5 nitrogen and oxygen atoms in total. The molecular formula is C18H19F4N3O2. The molecule has 146 valence electrons. The number of hydrogen-bond acceptors (Lipinski definition) is 3. The first-order valence-corrected chi connectivity index (χ1v) is 8.42. The van der Waals surface area contributed by atoms with Crippen LogP contribution in [0.15, 0.2) is 36.7 Å². The van der Waals surface area contributed by atoms with Crippen molar-refractivity contribution in [3.63, 3.8) is 0 Å². The van der Waals surface area contributed by atoms with Gasteiger partial charge in [-0.25, -0.2) is 9.37 Å². The van der Waals surface area contributed by atoms with Gasteiger partial charge in [-0.05, 0) is 30.5 Å². The fourth-order valence-corrected chi connectivity index (χ4v) is 2.98. The molecule has 0 spiro atoms. The minimum Gasteiger partial charge on any atom is -0.374 e. The van der Waals surface area contributed by atoms with Crippen LogP contribution in [-0.4, -0.2) is 37.7 Å². The van der Waals surface area contributed by atoms with Crippen molar-refractivity contribution in [1.29, 1.82) is 0 Å². The first-order valence-electron chi connectivity index (χ1n) is 8.42. The van der Waals surface area contributed by atoms with Crippen LogP contribution in [0, 0.1) is 5.82 Å². The predicted molar refractivity (Wildman–Crippen MR) is 87.7 cm³/mol. The van der Waals surface area contributed by atoms with Crippen LogP contribution in [0.5, 0.6) is 0 Å². The molecule has 1 amide bonds. The number of nitrogens with zero attached hydrogens (tertiary/aromatic N) is 3. The molecule has 3 rings (SSSR count). The van der Waals surface area contributed by atoms with Gasteiger partial charge in [0.15, 0.2) is 5.82 Å². The molecule has 1 unspecified atom stereocenters. The largest absolute Gasteiger partial charge is 0.425 e. The molecule has 1 aliphatic carbocycles. The molecule has 1 saturated carbocycles.